The van der Waals surface area contributed by atoms with Gasteiger partial charge in [-0.05, 0) is 23.8 Å². The summed E-state index contributed by atoms with van der Waals surface area (Å²) in [5.74, 6) is 0.218. The number of aromatic nitrogens is 2. The van der Waals surface area contributed by atoms with E-state index in [2.05, 4.69) is 20.2 Å². The Morgan fingerprint density at radius 1 is 1.07 bits per heavy atom. The molecule has 1 aliphatic rings. The lowest BCUT2D eigenvalue weighted by Crippen LogP contribution is -2.49. The number of nitrogens with one attached hydrogen (secondary N) is 1. The van der Waals surface area contributed by atoms with Crippen molar-refractivity contribution in [3.8, 4) is 0 Å². The molecule has 1 aromatic heterocycles. The van der Waals surface area contributed by atoms with Crippen LogP contribution in [0.15, 0.2) is 42.7 Å². The maximum atomic E-state index is 12.9. The molecule has 4 amide bonds. The molecule has 1 saturated heterocycles. The van der Waals surface area contributed by atoms with E-state index in [4.69, 9.17) is 0 Å². The average molecular weight is 396 g/mol. The molecule has 0 atom stereocenters. The van der Waals surface area contributed by atoms with Crippen LogP contribution in [0.3, 0.4) is 0 Å². The molecular weight excluding hydrogens is 372 g/mol. The molecule has 1 fully saturated rings. The van der Waals surface area contributed by atoms with Gasteiger partial charge in [-0.1, -0.05) is 12.1 Å². The molecule has 3 rings (SSSR count). The molecule has 0 aliphatic carbocycles. The van der Waals surface area contributed by atoms with Gasteiger partial charge in [-0.15, -0.1) is 0 Å². The summed E-state index contributed by atoms with van der Waals surface area (Å²) in [5, 5.41) is 2.23. The molecule has 1 aromatic carbocycles. The third kappa shape index (κ3) is 5.28. The number of nitrogens with zero attached hydrogens (tertiary/aromatic N) is 5. The largest absolute Gasteiger partial charge is 0.337 e. The lowest BCUT2D eigenvalue weighted by atomic mass is 10.1. The normalized spacial score (nSPS) is 13.7. The Morgan fingerprint density at radius 3 is 2.41 bits per heavy atom. The highest BCUT2D eigenvalue weighted by Crippen LogP contribution is 2.14. The van der Waals surface area contributed by atoms with E-state index >= 15 is 0 Å². The second-order valence-corrected chi connectivity index (χ2v) is 6.87. The Bertz CT molecular complexity index is 881. The molecule has 9 nitrogen and oxygen atoms in total. The maximum Gasteiger partial charge on any atom is 0.324 e. The Balaban J connectivity index is 1.60. The number of carbonyl (C=O) groups excluding carboxylic acids is 3. The first kappa shape index (κ1) is 20.2. The molecular formula is C20H24N6O3. The first-order valence-corrected chi connectivity index (χ1v) is 9.37. The Morgan fingerprint density at radius 2 is 1.76 bits per heavy atom. The summed E-state index contributed by atoms with van der Waals surface area (Å²) < 4.78 is 0. The highest BCUT2D eigenvalue weighted by Gasteiger charge is 2.23. The van der Waals surface area contributed by atoms with Gasteiger partial charge < -0.3 is 14.7 Å². The zero-order valence-electron chi connectivity index (χ0n) is 16.5. The number of urea groups is 1. The number of imide groups is 1. The van der Waals surface area contributed by atoms with Crippen molar-refractivity contribution in [2.45, 2.75) is 13.5 Å². The van der Waals surface area contributed by atoms with E-state index < -0.39 is 11.9 Å². The van der Waals surface area contributed by atoms with Gasteiger partial charge in [0.25, 0.3) is 5.91 Å². The standard InChI is InChI=1S/C20H24N6O3/c1-15(27)23-20(29)24(2)14-16-5-3-6-17(13-16)18(28)25-9-11-26(12-10-25)19-21-7-4-8-22-19/h3-8,13H,9-12,14H2,1-2H3,(H,23,27,29). The summed E-state index contributed by atoms with van der Waals surface area (Å²) in [4.78, 5) is 49.6. The fraction of sp³-hybridized carbons (Fsp3) is 0.350. The third-order valence-corrected chi connectivity index (χ3v) is 4.63. The maximum absolute atomic E-state index is 12.9. The van der Waals surface area contributed by atoms with Crippen molar-refractivity contribution in [3.05, 3.63) is 53.9 Å². The van der Waals surface area contributed by atoms with Crippen LogP contribution >= 0.6 is 0 Å². The monoisotopic (exact) mass is 396 g/mol. The smallest absolute Gasteiger partial charge is 0.324 e. The van der Waals surface area contributed by atoms with Crippen LogP contribution in [0.25, 0.3) is 0 Å². The SMILES string of the molecule is CC(=O)NC(=O)N(C)Cc1cccc(C(=O)N2CCN(c3ncccn3)CC2)c1. The number of hydrogen-bond acceptors (Lipinski definition) is 6. The van der Waals surface area contributed by atoms with Gasteiger partial charge >= 0.3 is 6.03 Å². The van der Waals surface area contributed by atoms with Crippen LogP contribution in [0, 0.1) is 0 Å². The predicted molar refractivity (Wildman–Crippen MR) is 107 cm³/mol. The zero-order valence-corrected chi connectivity index (χ0v) is 16.5. The number of piperazine rings is 1. The van der Waals surface area contributed by atoms with E-state index in [9.17, 15) is 14.4 Å². The van der Waals surface area contributed by atoms with Crippen molar-refractivity contribution in [1.29, 1.82) is 0 Å². The quantitative estimate of drug-likeness (QED) is 0.832. The van der Waals surface area contributed by atoms with Crippen LogP contribution in [-0.2, 0) is 11.3 Å². The van der Waals surface area contributed by atoms with Crippen molar-refractivity contribution in [1.82, 2.24) is 25.1 Å². The van der Waals surface area contributed by atoms with Gasteiger partial charge in [0.05, 0.1) is 0 Å². The van der Waals surface area contributed by atoms with E-state index in [1.807, 2.05) is 11.0 Å². The molecule has 152 valence electrons. The Labute approximate surface area is 169 Å². The minimum atomic E-state index is -0.478. The van der Waals surface area contributed by atoms with Gasteiger partial charge in [0, 0.05) is 64.7 Å². The van der Waals surface area contributed by atoms with Gasteiger partial charge in [-0.2, -0.15) is 0 Å². The number of hydrogen-bond donors (Lipinski definition) is 1. The molecule has 0 unspecified atom stereocenters. The van der Waals surface area contributed by atoms with E-state index in [-0.39, 0.29) is 5.91 Å². The van der Waals surface area contributed by atoms with E-state index in [1.165, 1.54) is 11.8 Å². The molecule has 0 bridgehead atoms. The van der Waals surface area contributed by atoms with Crippen molar-refractivity contribution in [3.63, 3.8) is 0 Å². The van der Waals surface area contributed by atoms with Crippen LogP contribution in [-0.4, -0.2) is 70.8 Å². The molecule has 1 N–H and O–H groups in total. The van der Waals surface area contributed by atoms with E-state index in [0.29, 0.717) is 44.2 Å². The fourth-order valence-electron chi connectivity index (χ4n) is 3.14. The molecule has 1 aliphatic heterocycles. The summed E-state index contributed by atoms with van der Waals surface area (Å²) in [7, 11) is 1.59. The Kier molecular flexibility index (Phi) is 6.38. The van der Waals surface area contributed by atoms with Gasteiger partial charge in [-0.25, -0.2) is 14.8 Å². The number of amides is 4. The zero-order chi connectivity index (χ0) is 20.8. The van der Waals surface area contributed by atoms with Crippen LogP contribution < -0.4 is 10.2 Å². The molecule has 29 heavy (non-hydrogen) atoms. The number of carbonyl (C=O) groups is 3. The van der Waals surface area contributed by atoms with Gasteiger partial charge in [0.1, 0.15) is 0 Å². The lowest BCUT2D eigenvalue weighted by molar-refractivity contribution is -0.118. The second kappa shape index (κ2) is 9.13. The van der Waals surface area contributed by atoms with Crippen molar-refractivity contribution >= 4 is 23.8 Å². The van der Waals surface area contributed by atoms with Crippen LogP contribution in [0.2, 0.25) is 0 Å². The second-order valence-electron chi connectivity index (χ2n) is 6.87. The van der Waals surface area contributed by atoms with Crippen LogP contribution in [0.5, 0.6) is 0 Å². The summed E-state index contributed by atoms with van der Waals surface area (Å²) in [6.07, 6.45) is 3.41. The summed E-state index contributed by atoms with van der Waals surface area (Å²) in [5.41, 5.74) is 1.39. The Hall–Kier alpha value is -3.49. The molecule has 9 heteroatoms. The number of anilines is 1. The minimum Gasteiger partial charge on any atom is -0.337 e. The van der Waals surface area contributed by atoms with Crippen LogP contribution in [0.4, 0.5) is 10.7 Å². The molecule has 2 aromatic rings. The summed E-state index contributed by atoms with van der Waals surface area (Å²) in [6.45, 7) is 4.09. The minimum absolute atomic E-state index is 0.0451. The highest BCUT2D eigenvalue weighted by molar-refractivity contribution is 5.95. The van der Waals surface area contributed by atoms with Crippen LogP contribution in [0.1, 0.15) is 22.8 Å². The van der Waals surface area contributed by atoms with Gasteiger partial charge in [-0.3, -0.25) is 14.9 Å². The average Bonchev–Trinajstić information content (AvgIpc) is 2.73. The van der Waals surface area contributed by atoms with Crippen molar-refractivity contribution < 1.29 is 14.4 Å². The number of rotatable bonds is 4. The topological polar surface area (TPSA) is 98.7 Å². The van der Waals surface area contributed by atoms with E-state index in [1.54, 1.807) is 43.7 Å². The van der Waals surface area contributed by atoms with Crippen molar-refractivity contribution in [2.75, 3.05) is 38.1 Å². The predicted octanol–water partition coefficient (Wildman–Crippen LogP) is 1.13. The fourth-order valence-corrected chi connectivity index (χ4v) is 3.14. The van der Waals surface area contributed by atoms with Gasteiger partial charge in [0.2, 0.25) is 11.9 Å². The highest BCUT2D eigenvalue weighted by atomic mass is 16.2. The summed E-state index contributed by atoms with van der Waals surface area (Å²) in [6, 6.07) is 8.50. The van der Waals surface area contributed by atoms with E-state index in [0.717, 1.165) is 5.56 Å². The molecule has 0 radical (unpaired) electrons. The van der Waals surface area contributed by atoms with Gasteiger partial charge in [0.15, 0.2) is 0 Å². The first-order chi connectivity index (χ1) is 13.9. The first-order valence-electron chi connectivity index (χ1n) is 9.37. The lowest BCUT2D eigenvalue weighted by Gasteiger charge is -2.34. The number of benzene rings is 1. The molecule has 0 saturated carbocycles. The molecule has 0 spiro atoms. The summed E-state index contributed by atoms with van der Waals surface area (Å²) >= 11 is 0. The van der Waals surface area contributed by atoms with Crippen molar-refractivity contribution in [2.24, 2.45) is 0 Å². The third-order valence-electron chi connectivity index (χ3n) is 4.63. The molecule has 2 heterocycles.